The fourth-order valence-electron chi connectivity index (χ4n) is 3.16. The first kappa shape index (κ1) is 21.9. The van der Waals surface area contributed by atoms with Crippen LogP contribution in [0.2, 0.25) is 0 Å². The highest BCUT2D eigenvalue weighted by atomic mass is 35.5. The minimum Gasteiger partial charge on any atom is -0.352 e. The third kappa shape index (κ3) is 5.33. The minimum absolute atomic E-state index is 0. The lowest BCUT2D eigenvalue weighted by molar-refractivity contribution is -0.118. The second kappa shape index (κ2) is 9.71. The quantitative estimate of drug-likeness (QED) is 0.718. The van der Waals surface area contributed by atoms with Crippen molar-refractivity contribution < 1.29 is 9.59 Å². The number of carbonyl (C=O) groups is 2. The number of aryl methyl sites for hydroxylation is 1. The molecule has 1 aliphatic heterocycles. The normalized spacial score (nSPS) is 15.4. The smallest absolute Gasteiger partial charge is 0.251 e. The van der Waals surface area contributed by atoms with Crippen LogP contribution in [-0.4, -0.2) is 24.4 Å². The van der Waals surface area contributed by atoms with Crippen LogP contribution in [-0.2, 0) is 17.8 Å². The van der Waals surface area contributed by atoms with E-state index < -0.39 is 0 Å². The first-order valence-corrected chi connectivity index (χ1v) is 9.44. The molecule has 2 amide bonds. The van der Waals surface area contributed by atoms with Crippen LogP contribution in [0.15, 0.2) is 42.5 Å². The lowest BCUT2D eigenvalue weighted by Gasteiger charge is -2.25. The third-order valence-corrected chi connectivity index (χ3v) is 4.83. The van der Waals surface area contributed by atoms with Crippen LogP contribution in [0.1, 0.15) is 40.9 Å². The zero-order valence-corrected chi connectivity index (χ0v) is 17.4. The fraction of sp³-hybridized carbons (Fsp3) is 0.364. The summed E-state index contributed by atoms with van der Waals surface area (Å²) in [6.45, 7) is 7.34. The monoisotopic (exact) mass is 401 g/mol. The van der Waals surface area contributed by atoms with Gasteiger partial charge in [-0.3, -0.25) is 9.59 Å². The van der Waals surface area contributed by atoms with E-state index in [1.54, 1.807) is 12.1 Å². The highest BCUT2D eigenvalue weighted by Gasteiger charge is 2.24. The minimum atomic E-state index is -0.280. The van der Waals surface area contributed by atoms with Gasteiger partial charge < -0.3 is 16.0 Å². The van der Waals surface area contributed by atoms with Crippen LogP contribution in [0, 0.1) is 12.8 Å². The van der Waals surface area contributed by atoms with Crippen molar-refractivity contribution in [1.29, 1.82) is 0 Å². The summed E-state index contributed by atoms with van der Waals surface area (Å²) < 4.78 is 0. The van der Waals surface area contributed by atoms with Crippen LogP contribution in [0.25, 0.3) is 0 Å². The fourth-order valence-corrected chi connectivity index (χ4v) is 3.16. The SMILES string of the molecule is Cc1ccc(C(=O)NCC(C)C)cc1NC(=O)[C@H]1Cc2ccccc2CN1.Cl. The molecular weight excluding hydrogens is 374 g/mol. The summed E-state index contributed by atoms with van der Waals surface area (Å²) in [5, 5.41) is 9.19. The Morgan fingerprint density at radius 1 is 1.14 bits per heavy atom. The maximum atomic E-state index is 12.8. The Bertz CT molecular complexity index is 851. The average Bonchev–Trinajstić information content (AvgIpc) is 2.67. The molecule has 1 atom stereocenters. The summed E-state index contributed by atoms with van der Waals surface area (Å²) in [5.41, 5.74) is 4.60. The molecule has 0 saturated heterocycles. The van der Waals surface area contributed by atoms with E-state index in [4.69, 9.17) is 0 Å². The Morgan fingerprint density at radius 3 is 2.57 bits per heavy atom. The van der Waals surface area contributed by atoms with Gasteiger partial charge in [-0.25, -0.2) is 0 Å². The number of amides is 2. The van der Waals surface area contributed by atoms with E-state index in [-0.39, 0.29) is 30.3 Å². The lowest BCUT2D eigenvalue weighted by Crippen LogP contribution is -2.44. The van der Waals surface area contributed by atoms with E-state index >= 15 is 0 Å². The van der Waals surface area contributed by atoms with Crippen LogP contribution >= 0.6 is 12.4 Å². The van der Waals surface area contributed by atoms with Crippen LogP contribution in [0.3, 0.4) is 0 Å². The number of anilines is 1. The molecule has 0 radical (unpaired) electrons. The Labute approximate surface area is 172 Å². The highest BCUT2D eigenvalue weighted by molar-refractivity contribution is 5.99. The number of hydrogen-bond acceptors (Lipinski definition) is 3. The Balaban J connectivity index is 0.00000280. The number of fused-ring (bicyclic) bond motifs is 1. The maximum absolute atomic E-state index is 12.8. The van der Waals surface area contributed by atoms with Gasteiger partial charge in [0.25, 0.3) is 5.91 Å². The van der Waals surface area contributed by atoms with Crippen LogP contribution in [0.5, 0.6) is 0 Å². The summed E-state index contributed by atoms with van der Waals surface area (Å²) in [5.74, 6) is 0.190. The molecule has 0 unspecified atom stereocenters. The second-order valence-corrected chi connectivity index (χ2v) is 7.53. The van der Waals surface area contributed by atoms with Crippen molar-refractivity contribution in [3.63, 3.8) is 0 Å². The maximum Gasteiger partial charge on any atom is 0.251 e. The number of rotatable bonds is 5. The third-order valence-electron chi connectivity index (χ3n) is 4.83. The van der Waals surface area contributed by atoms with Gasteiger partial charge in [0.1, 0.15) is 0 Å². The van der Waals surface area contributed by atoms with Gasteiger partial charge in [-0.1, -0.05) is 44.2 Å². The topological polar surface area (TPSA) is 70.2 Å². The molecule has 1 heterocycles. The molecule has 3 rings (SSSR count). The molecule has 0 saturated carbocycles. The lowest BCUT2D eigenvalue weighted by atomic mass is 9.95. The van der Waals surface area contributed by atoms with E-state index in [2.05, 4.69) is 41.9 Å². The van der Waals surface area contributed by atoms with Gasteiger partial charge in [0.05, 0.1) is 6.04 Å². The first-order chi connectivity index (χ1) is 12.9. The molecule has 0 spiro atoms. The Morgan fingerprint density at radius 2 is 1.86 bits per heavy atom. The number of halogens is 1. The van der Waals surface area contributed by atoms with Crippen molar-refractivity contribution in [2.24, 2.45) is 5.92 Å². The van der Waals surface area contributed by atoms with Gasteiger partial charge >= 0.3 is 0 Å². The van der Waals surface area contributed by atoms with Crippen molar-refractivity contribution in [3.05, 3.63) is 64.7 Å². The molecule has 0 bridgehead atoms. The van der Waals surface area contributed by atoms with Gasteiger partial charge in [0.2, 0.25) is 5.91 Å². The Kier molecular flexibility index (Phi) is 7.61. The van der Waals surface area contributed by atoms with E-state index in [0.717, 1.165) is 5.56 Å². The molecular formula is C22H28ClN3O2. The van der Waals surface area contributed by atoms with Gasteiger partial charge in [-0.05, 0) is 48.1 Å². The molecule has 28 heavy (non-hydrogen) atoms. The van der Waals surface area contributed by atoms with Gasteiger partial charge in [0.15, 0.2) is 0 Å². The highest BCUT2D eigenvalue weighted by Crippen LogP contribution is 2.20. The second-order valence-electron chi connectivity index (χ2n) is 7.53. The molecule has 6 heteroatoms. The molecule has 150 valence electrons. The van der Waals surface area contributed by atoms with Gasteiger partial charge in [-0.2, -0.15) is 0 Å². The van der Waals surface area contributed by atoms with E-state index in [9.17, 15) is 9.59 Å². The molecule has 0 aliphatic carbocycles. The molecule has 0 fully saturated rings. The standard InChI is InChI=1S/C22H27N3O2.ClH/c1-14(2)12-24-21(26)17-9-8-15(3)19(11-17)25-22(27)20-10-16-6-4-5-7-18(16)13-23-20;/h4-9,11,14,20,23H,10,12-13H2,1-3H3,(H,24,26)(H,25,27);1H/t20-;/m1./s1. The number of carbonyl (C=O) groups excluding carboxylic acids is 2. The number of benzene rings is 2. The molecule has 5 nitrogen and oxygen atoms in total. The van der Waals surface area contributed by atoms with Crippen molar-refractivity contribution in [2.75, 3.05) is 11.9 Å². The molecule has 3 N–H and O–H groups in total. The predicted octanol–water partition coefficient (Wildman–Crippen LogP) is 3.46. The van der Waals surface area contributed by atoms with Crippen molar-refractivity contribution in [2.45, 2.75) is 39.8 Å². The average molecular weight is 402 g/mol. The summed E-state index contributed by atoms with van der Waals surface area (Å²) in [6, 6.07) is 13.3. The summed E-state index contributed by atoms with van der Waals surface area (Å²) in [6.07, 6.45) is 0.662. The zero-order chi connectivity index (χ0) is 19.4. The first-order valence-electron chi connectivity index (χ1n) is 9.44. The van der Waals surface area contributed by atoms with Crippen molar-refractivity contribution in [1.82, 2.24) is 10.6 Å². The molecule has 2 aromatic carbocycles. The van der Waals surface area contributed by atoms with Crippen LogP contribution < -0.4 is 16.0 Å². The van der Waals surface area contributed by atoms with Crippen molar-refractivity contribution >= 4 is 29.9 Å². The van der Waals surface area contributed by atoms with E-state index in [1.807, 2.05) is 25.1 Å². The van der Waals surface area contributed by atoms with Gasteiger partial charge in [-0.15, -0.1) is 12.4 Å². The van der Waals surface area contributed by atoms with Crippen LogP contribution in [0.4, 0.5) is 5.69 Å². The van der Waals surface area contributed by atoms with Crippen molar-refractivity contribution in [3.8, 4) is 0 Å². The van der Waals surface area contributed by atoms with E-state index in [1.165, 1.54) is 11.1 Å². The molecule has 2 aromatic rings. The Hall–Kier alpha value is -2.37. The van der Waals surface area contributed by atoms with E-state index in [0.29, 0.717) is 36.7 Å². The zero-order valence-electron chi connectivity index (χ0n) is 16.5. The molecule has 0 aromatic heterocycles. The summed E-state index contributed by atoms with van der Waals surface area (Å²) >= 11 is 0. The largest absolute Gasteiger partial charge is 0.352 e. The predicted molar refractivity (Wildman–Crippen MR) is 115 cm³/mol. The summed E-state index contributed by atoms with van der Waals surface area (Å²) in [7, 11) is 0. The molecule has 1 aliphatic rings. The number of nitrogens with one attached hydrogen (secondary N) is 3. The summed E-state index contributed by atoms with van der Waals surface area (Å²) in [4.78, 5) is 25.1. The van der Waals surface area contributed by atoms with Gasteiger partial charge in [0, 0.05) is 24.3 Å². The number of hydrogen-bond donors (Lipinski definition) is 3.